The third-order valence-corrected chi connectivity index (χ3v) is 4.54. The van der Waals surface area contributed by atoms with Gasteiger partial charge in [0.2, 0.25) is 10.0 Å². The van der Waals surface area contributed by atoms with Crippen LogP contribution in [0.3, 0.4) is 0 Å². The third kappa shape index (κ3) is 6.35. The highest BCUT2D eigenvalue weighted by Gasteiger charge is 2.22. The minimum absolute atomic E-state index is 0.151. The SMILES string of the molecule is CCOCC(C)NS(=O)(=O)CC1CCNCC1. The normalized spacial score (nSPS) is 20.4. The molecule has 1 unspecified atom stereocenters. The summed E-state index contributed by atoms with van der Waals surface area (Å²) in [6.07, 6.45) is 1.89. The molecule has 5 nitrogen and oxygen atoms in total. The average Bonchev–Trinajstić information content (AvgIpc) is 2.26. The van der Waals surface area contributed by atoms with Crippen molar-refractivity contribution in [2.24, 2.45) is 5.92 Å². The molecule has 1 rings (SSSR count). The average molecular weight is 264 g/mol. The number of hydrogen-bond acceptors (Lipinski definition) is 4. The molecular weight excluding hydrogens is 240 g/mol. The van der Waals surface area contributed by atoms with Crippen molar-refractivity contribution in [2.75, 3.05) is 32.1 Å². The first kappa shape index (κ1) is 14.9. The Hall–Kier alpha value is -0.170. The maximum Gasteiger partial charge on any atom is 0.212 e. The second-order valence-electron chi connectivity index (χ2n) is 4.65. The Kier molecular flexibility index (Phi) is 6.40. The lowest BCUT2D eigenvalue weighted by Gasteiger charge is -2.23. The zero-order valence-corrected chi connectivity index (χ0v) is 11.6. The number of piperidine rings is 1. The third-order valence-electron chi connectivity index (χ3n) is 2.87. The van der Waals surface area contributed by atoms with E-state index < -0.39 is 10.0 Å². The van der Waals surface area contributed by atoms with Crippen molar-refractivity contribution in [3.8, 4) is 0 Å². The number of nitrogens with one attached hydrogen (secondary N) is 2. The van der Waals surface area contributed by atoms with Gasteiger partial charge in [0.25, 0.3) is 0 Å². The molecule has 0 spiro atoms. The van der Waals surface area contributed by atoms with Gasteiger partial charge < -0.3 is 10.1 Å². The maximum absolute atomic E-state index is 11.9. The van der Waals surface area contributed by atoms with Gasteiger partial charge in [-0.3, -0.25) is 0 Å². The van der Waals surface area contributed by atoms with Crippen molar-refractivity contribution >= 4 is 10.0 Å². The van der Waals surface area contributed by atoms with Crippen LogP contribution in [0.5, 0.6) is 0 Å². The van der Waals surface area contributed by atoms with Gasteiger partial charge in [-0.25, -0.2) is 13.1 Å². The van der Waals surface area contributed by atoms with Gasteiger partial charge in [-0.05, 0) is 45.7 Å². The Morgan fingerprint density at radius 2 is 2.06 bits per heavy atom. The van der Waals surface area contributed by atoms with E-state index >= 15 is 0 Å². The molecule has 0 aromatic heterocycles. The Balaban J connectivity index is 2.33. The zero-order chi connectivity index (χ0) is 12.7. The first-order valence-corrected chi connectivity index (χ1v) is 7.97. The maximum atomic E-state index is 11.9. The van der Waals surface area contributed by atoms with Crippen LogP contribution in [0.25, 0.3) is 0 Å². The summed E-state index contributed by atoms with van der Waals surface area (Å²) in [5.74, 6) is 0.526. The number of hydrogen-bond donors (Lipinski definition) is 2. The number of sulfonamides is 1. The molecule has 2 N–H and O–H groups in total. The van der Waals surface area contributed by atoms with E-state index in [2.05, 4.69) is 10.0 Å². The van der Waals surface area contributed by atoms with Gasteiger partial charge in [0.15, 0.2) is 0 Å². The Morgan fingerprint density at radius 3 is 2.65 bits per heavy atom. The zero-order valence-electron chi connectivity index (χ0n) is 10.7. The van der Waals surface area contributed by atoms with Crippen LogP contribution in [-0.4, -0.2) is 46.5 Å². The van der Waals surface area contributed by atoms with Crippen LogP contribution in [-0.2, 0) is 14.8 Å². The predicted octanol–water partition coefficient (Wildman–Crippen LogP) is 0.330. The van der Waals surface area contributed by atoms with Gasteiger partial charge in [-0.2, -0.15) is 0 Å². The standard InChI is InChI=1S/C11H24N2O3S/c1-3-16-8-10(2)13-17(14,15)9-11-4-6-12-7-5-11/h10-13H,3-9H2,1-2H3. The lowest BCUT2D eigenvalue weighted by molar-refractivity contribution is 0.133. The molecule has 0 radical (unpaired) electrons. The van der Waals surface area contributed by atoms with Crippen molar-refractivity contribution < 1.29 is 13.2 Å². The molecule has 102 valence electrons. The molecule has 1 saturated heterocycles. The molecule has 6 heteroatoms. The summed E-state index contributed by atoms with van der Waals surface area (Å²) in [6.45, 7) is 6.62. The molecule has 1 heterocycles. The van der Waals surface area contributed by atoms with Gasteiger partial charge in [0.1, 0.15) is 0 Å². The lowest BCUT2D eigenvalue weighted by Crippen LogP contribution is -2.40. The molecule has 1 fully saturated rings. The predicted molar refractivity (Wildman–Crippen MR) is 68.5 cm³/mol. The van der Waals surface area contributed by atoms with E-state index in [4.69, 9.17) is 4.74 Å². The molecule has 1 aliphatic rings. The summed E-state index contributed by atoms with van der Waals surface area (Å²) in [4.78, 5) is 0. The Bertz CT molecular complexity index is 300. The van der Waals surface area contributed by atoms with Gasteiger partial charge in [-0.15, -0.1) is 0 Å². The molecular formula is C11H24N2O3S. The monoisotopic (exact) mass is 264 g/mol. The van der Waals surface area contributed by atoms with E-state index in [1.54, 1.807) is 0 Å². The Morgan fingerprint density at radius 1 is 1.41 bits per heavy atom. The molecule has 0 bridgehead atoms. The van der Waals surface area contributed by atoms with Crippen LogP contribution in [0.4, 0.5) is 0 Å². The quantitative estimate of drug-likeness (QED) is 0.695. The first-order valence-electron chi connectivity index (χ1n) is 6.32. The minimum Gasteiger partial charge on any atom is -0.380 e. The fraction of sp³-hybridized carbons (Fsp3) is 1.00. The smallest absolute Gasteiger partial charge is 0.212 e. The van der Waals surface area contributed by atoms with E-state index in [0.717, 1.165) is 25.9 Å². The summed E-state index contributed by atoms with van der Waals surface area (Å²) < 4.78 is 31.6. The van der Waals surface area contributed by atoms with Gasteiger partial charge in [0.05, 0.1) is 12.4 Å². The summed E-state index contributed by atoms with van der Waals surface area (Å²) in [6, 6.07) is -0.151. The first-order chi connectivity index (χ1) is 8.03. The highest BCUT2D eigenvalue weighted by atomic mass is 32.2. The van der Waals surface area contributed by atoms with Crippen molar-refractivity contribution in [1.82, 2.24) is 10.0 Å². The largest absolute Gasteiger partial charge is 0.380 e. The van der Waals surface area contributed by atoms with Crippen LogP contribution < -0.4 is 10.0 Å². The lowest BCUT2D eigenvalue weighted by atomic mass is 10.0. The van der Waals surface area contributed by atoms with E-state index in [9.17, 15) is 8.42 Å². The molecule has 0 aromatic rings. The second kappa shape index (κ2) is 7.31. The van der Waals surface area contributed by atoms with E-state index in [1.165, 1.54) is 0 Å². The second-order valence-corrected chi connectivity index (χ2v) is 6.45. The topological polar surface area (TPSA) is 67.4 Å². The van der Waals surface area contributed by atoms with E-state index in [-0.39, 0.29) is 17.7 Å². The van der Waals surface area contributed by atoms with Crippen LogP contribution in [0.2, 0.25) is 0 Å². The van der Waals surface area contributed by atoms with Crippen LogP contribution in [0.1, 0.15) is 26.7 Å². The molecule has 0 saturated carbocycles. The van der Waals surface area contributed by atoms with Crippen molar-refractivity contribution in [3.63, 3.8) is 0 Å². The van der Waals surface area contributed by atoms with Crippen LogP contribution in [0.15, 0.2) is 0 Å². The highest BCUT2D eigenvalue weighted by molar-refractivity contribution is 7.89. The minimum atomic E-state index is -3.17. The van der Waals surface area contributed by atoms with Gasteiger partial charge in [0, 0.05) is 12.6 Å². The van der Waals surface area contributed by atoms with Crippen molar-refractivity contribution in [2.45, 2.75) is 32.7 Å². The molecule has 1 atom stereocenters. The fourth-order valence-corrected chi connectivity index (χ4v) is 3.77. The molecule has 0 aliphatic carbocycles. The number of ether oxygens (including phenoxy) is 1. The molecule has 1 aliphatic heterocycles. The van der Waals surface area contributed by atoms with Crippen molar-refractivity contribution in [3.05, 3.63) is 0 Å². The molecule has 17 heavy (non-hydrogen) atoms. The summed E-state index contributed by atoms with van der Waals surface area (Å²) >= 11 is 0. The highest BCUT2D eigenvalue weighted by Crippen LogP contribution is 2.13. The van der Waals surface area contributed by atoms with Gasteiger partial charge in [-0.1, -0.05) is 0 Å². The Labute approximate surface area is 104 Å². The van der Waals surface area contributed by atoms with Crippen LogP contribution >= 0.6 is 0 Å². The summed E-state index contributed by atoms with van der Waals surface area (Å²) in [7, 11) is -3.17. The molecule has 0 aromatic carbocycles. The van der Waals surface area contributed by atoms with E-state index in [0.29, 0.717) is 13.2 Å². The van der Waals surface area contributed by atoms with Gasteiger partial charge >= 0.3 is 0 Å². The molecule has 0 amide bonds. The fourth-order valence-electron chi connectivity index (χ4n) is 2.04. The summed E-state index contributed by atoms with van der Waals surface area (Å²) in [5.41, 5.74) is 0. The van der Waals surface area contributed by atoms with E-state index in [1.807, 2.05) is 13.8 Å². The van der Waals surface area contributed by atoms with Crippen molar-refractivity contribution in [1.29, 1.82) is 0 Å². The summed E-state index contributed by atoms with van der Waals surface area (Å²) in [5, 5.41) is 3.23. The van der Waals surface area contributed by atoms with Crippen LogP contribution in [0, 0.1) is 5.92 Å². The number of rotatable bonds is 7.